The van der Waals surface area contributed by atoms with Gasteiger partial charge in [0.15, 0.2) is 12.4 Å². The quantitative estimate of drug-likeness (QED) is 0.374. The van der Waals surface area contributed by atoms with Gasteiger partial charge in [0.05, 0.1) is 17.9 Å². The van der Waals surface area contributed by atoms with E-state index in [1.807, 2.05) is 30.4 Å². The maximum atomic E-state index is 13.2. The Morgan fingerprint density at radius 1 is 1.11 bits per heavy atom. The minimum atomic E-state index is -0.706. The number of aliphatic hydroxyl groups excluding tert-OH is 1. The molecule has 1 heterocycles. The van der Waals surface area contributed by atoms with Crippen molar-refractivity contribution in [1.82, 2.24) is 10.3 Å². The van der Waals surface area contributed by atoms with E-state index in [0.717, 1.165) is 40.4 Å². The van der Waals surface area contributed by atoms with E-state index in [2.05, 4.69) is 32.3 Å². The van der Waals surface area contributed by atoms with Crippen molar-refractivity contribution in [2.24, 2.45) is 29.6 Å². The molecule has 4 aliphatic rings. The number of aliphatic hydroxyl groups is 1. The zero-order valence-corrected chi connectivity index (χ0v) is 22.3. The van der Waals surface area contributed by atoms with Crippen molar-refractivity contribution >= 4 is 33.6 Å². The summed E-state index contributed by atoms with van der Waals surface area (Å²) in [5, 5.41) is 13.8. The molecular weight excluding hydrogens is 548 g/mol. The van der Waals surface area contributed by atoms with Crippen LogP contribution in [0.2, 0.25) is 0 Å². The predicted octanol–water partition coefficient (Wildman–Crippen LogP) is 4.38. The number of fused-ring (bicyclic) bond motifs is 5. The molecule has 0 radical (unpaired) electrons. The number of carbonyl (C=O) groups excluding carboxylic acids is 3. The second-order valence-corrected chi connectivity index (χ2v) is 11.7. The summed E-state index contributed by atoms with van der Waals surface area (Å²) in [6, 6.07) is 9.05. The maximum absolute atomic E-state index is 13.2. The summed E-state index contributed by atoms with van der Waals surface area (Å²) in [5.41, 5.74) is 3.04. The lowest BCUT2D eigenvalue weighted by Crippen LogP contribution is -2.42. The molecule has 196 valence electrons. The Bertz CT molecular complexity index is 1340. The zero-order chi connectivity index (χ0) is 26.4. The molecule has 8 heteroatoms. The Hall–Kier alpha value is -3.10. The molecule has 6 rings (SSSR count). The smallest absolute Gasteiger partial charge is 0.310 e. The monoisotopic (exact) mass is 576 g/mol. The third-order valence-corrected chi connectivity index (χ3v) is 9.24. The third kappa shape index (κ3) is 4.54. The number of nitrogens with zero attached hydrogens (tertiary/aromatic N) is 1. The molecule has 2 bridgehead atoms. The van der Waals surface area contributed by atoms with Gasteiger partial charge in [-0.05, 0) is 59.9 Å². The van der Waals surface area contributed by atoms with Gasteiger partial charge in [-0.1, -0.05) is 52.4 Å². The van der Waals surface area contributed by atoms with Crippen LogP contribution in [0.4, 0.5) is 0 Å². The number of ketones is 1. The molecule has 2 N–H and O–H groups in total. The molecular formula is C30H29BrN2O5. The molecule has 1 aromatic carbocycles. The summed E-state index contributed by atoms with van der Waals surface area (Å²) in [6.07, 6.45) is 11.4. The normalized spacial score (nSPS) is 30.4. The molecule has 4 aliphatic carbocycles. The van der Waals surface area contributed by atoms with Crippen LogP contribution in [0.15, 0.2) is 65.4 Å². The van der Waals surface area contributed by atoms with Crippen molar-refractivity contribution in [3.63, 3.8) is 0 Å². The topological polar surface area (TPSA) is 106 Å². The number of ether oxygens (including phenoxy) is 1. The Morgan fingerprint density at radius 2 is 1.92 bits per heavy atom. The van der Waals surface area contributed by atoms with Gasteiger partial charge in [0, 0.05) is 40.8 Å². The van der Waals surface area contributed by atoms with Crippen molar-refractivity contribution in [2.45, 2.75) is 37.8 Å². The lowest BCUT2D eigenvalue weighted by Gasteiger charge is -2.28. The third-order valence-electron chi connectivity index (χ3n) is 8.71. The van der Waals surface area contributed by atoms with Crippen LogP contribution in [0.3, 0.4) is 0 Å². The molecule has 7 atom stereocenters. The standard InChI is InChI=1S/C30H29BrN2O5/c31-20-6-8-22-21-7-5-17(11-23(21)28(35)24(22)12-20)25(34)15-38-30(37)27-19-4-3-18(10-19)26(27)29(36)33-14-16-2-1-9-32-13-16/h1-2,5-9,11-13,18-19,22,24,26-28,35H,3-4,10,14-15H2,(H,33,36)/t18?,19?,22?,24?,26-,27?,28?/m0/s1. The predicted molar refractivity (Wildman–Crippen MR) is 143 cm³/mol. The second kappa shape index (κ2) is 10.2. The molecule has 1 amide bonds. The van der Waals surface area contributed by atoms with Crippen molar-refractivity contribution in [3.8, 4) is 0 Å². The first-order chi connectivity index (χ1) is 18.4. The van der Waals surface area contributed by atoms with Crippen LogP contribution < -0.4 is 5.32 Å². The van der Waals surface area contributed by atoms with Gasteiger partial charge in [-0.2, -0.15) is 0 Å². The number of hydrogen-bond acceptors (Lipinski definition) is 6. The zero-order valence-electron chi connectivity index (χ0n) is 20.8. The van der Waals surface area contributed by atoms with Gasteiger partial charge in [-0.15, -0.1) is 0 Å². The highest BCUT2D eigenvalue weighted by Crippen LogP contribution is 2.53. The van der Waals surface area contributed by atoms with E-state index in [0.29, 0.717) is 12.1 Å². The number of halogens is 1. The fourth-order valence-corrected chi connectivity index (χ4v) is 7.37. The average molecular weight is 577 g/mol. The van der Waals surface area contributed by atoms with E-state index in [9.17, 15) is 19.5 Å². The van der Waals surface area contributed by atoms with Gasteiger partial charge in [-0.25, -0.2) is 0 Å². The molecule has 1 aromatic heterocycles. The van der Waals surface area contributed by atoms with Crippen LogP contribution in [-0.2, 0) is 20.9 Å². The van der Waals surface area contributed by atoms with Crippen molar-refractivity contribution < 1.29 is 24.2 Å². The number of amides is 1. The first-order valence-corrected chi connectivity index (χ1v) is 13.9. The van der Waals surface area contributed by atoms with E-state index in [4.69, 9.17) is 4.74 Å². The number of aromatic nitrogens is 1. The highest BCUT2D eigenvalue weighted by molar-refractivity contribution is 9.11. The van der Waals surface area contributed by atoms with Crippen LogP contribution >= 0.6 is 15.9 Å². The van der Waals surface area contributed by atoms with E-state index in [1.165, 1.54) is 0 Å². The molecule has 7 nitrogen and oxygen atoms in total. The number of rotatable bonds is 7. The number of esters is 1. The lowest BCUT2D eigenvalue weighted by molar-refractivity contribution is -0.154. The first kappa shape index (κ1) is 25.2. The SMILES string of the molecule is O=C(COC(=O)C1C2CCC(C2)[C@@H]1C(=O)NCc1cccnc1)c1ccc2c(c1)C(O)C1C=C(Br)C=CC21. The summed E-state index contributed by atoms with van der Waals surface area (Å²) in [7, 11) is 0. The molecule has 6 unspecified atom stereocenters. The van der Waals surface area contributed by atoms with Gasteiger partial charge >= 0.3 is 5.97 Å². The van der Waals surface area contributed by atoms with Crippen LogP contribution in [0, 0.1) is 29.6 Å². The van der Waals surface area contributed by atoms with Gasteiger partial charge in [-0.3, -0.25) is 19.4 Å². The fraction of sp³-hybridized carbons (Fsp3) is 0.400. The summed E-state index contributed by atoms with van der Waals surface area (Å²) >= 11 is 3.47. The number of allylic oxidation sites excluding steroid dienone is 3. The van der Waals surface area contributed by atoms with Crippen LogP contribution in [-0.4, -0.2) is 34.4 Å². The van der Waals surface area contributed by atoms with E-state index >= 15 is 0 Å². The summed E-state index contributed by atoms with van der Waals surface area (Å²) in [4.78, 5) is 43.4. The minimum Gasteiger partial charge on any atom is -0.457 e. The fourth-order valence-electron chi connectivity index (χ4n) is 6.91. The van der Waals surface area contributed by atoms with E-state index in [1.54, 1.807) is 24.5 Å². The van der Waals surface area contributed by atoms with E-state index in [-0.39, 0.29) is 42.0 Å². The van der Waals surface area contributed by atoms with Gasteiger partial charge in [0.2, 0.25) is 5.91 Å². The second-order valence-electron chi connectivity index (χ2n) is 10.8. The van der Waals surface area contributed by atoms with E-state index < -0.39 is 23.9 Å². The molecule has 2 fully saturated rings. The van der Waals surface area contributed by atoms with Crippen molar-refractivity contribution in [1.29, 1.82) is 0 Å². The molecule has 2 aromatic rings. The largest absolute Gasteiger partial charge is 0.457 e. The molecule has 38 heavy (non-hydrogen) atoms. The summed E-state index contributed by atoms with van der Waals surface area (Å²) < 4.78 is 6.45. The van der Waals surface area contributed by atoms with Crippen LogP contribution in [0.1, 0.15) is 58.3 Å². The van der Waals surface area contributed by atoms with Crippen LogP contribution in [0.25, 0.3) is 0 Å². The minimum absolute atomic E-state index is 0.0716. The Balaban J connectivity index is 1.10. The van der Waals surface area contributed by atoms with Gasteiger partial charge < -0.3 is 15.2 Å². The Kier molecular flexibility index (Phi) is 6.78. The number of Topliss-reactive ketones (excluding diaryl/α,β-unsaturated/α-hetero) is 1. The number of benzene rings is 1. The summed E-state index contributed by atoms with van der Waals surface area (Å²) in [5.74, 6) is -1.64. The number of nitrogens with one attached hydrogen (secondary N) is 1. The van der Waals surface area contributed by atoms with Crippen LogP contribution in [0.5, 0.6) is 0 Å². The summed E-state index contributed by atoms with van der Waals surface area (Å²) in [6.45, 7) is -0.0287. The lowest BCUT2D eigenvalue weighted by atomic mass is 9.78. The highest BCUT2D eigenvalue weighted by Gasteiger charge is 2.54. The Labute approximate surface area is 229 Å². The van der Waals surface area contributed by atoms with Gasteiger partial charge in [0.25, 0.3) is 0 Å². The molecule has 2 saturated carbocycles. The number of hydrogen-bond donors (Lipinski definition) is 2. The average Bonchev–Trinajstić information content (AvgIpc) is 3.63. The maximum Gasteiger partial charge on any atom is 0.310 e. The van der Waals surface area contributed by atoms with Crippen molar-refractivity contribution in [2.75, 3.05) is 6.61 Å². The number of carbonyl (C=O) groups is 3. The molecule has 0 aliphatic heterocycles. The highest BCUT2D eigenvalue weighted by atomic mass is 79.9. The van der Waals surface area contributed by atoms with Gasteiger partial charge in [0.1, 0.15) is 0 Å². The van der Waals surface area contributed by atoms with Crippen molar-refractivity contribution in [3.05, 3.63) is 87.7 Å². The molecule has 0 saturated heterocycles. The Morgan fingerprint density at radius 3 is 2.71 bits per heavy atom. The number of pyridine rings is 1. The first-order valence-electron chi connectivity index (χ1n) is 13.1. The molecule has 0 spiro atoms.